The molecule has 2 heterocycles. The van der Waals surface area contributed by atoms with E-state index in [-0.39, 0.29) is 10.9 Å². The molecule has 1 aliphatic rings. The van der Waals surface area contributed by atoms with Gasteiger partial charge in [0.05, 0.1) is 4.90 Å². The maximum atomic E-state index is 12.3. The molecule has 10 heteroatoms. The second-order valence-corrected chi connectivity index (χ2v) is 7.08. The van der Waals surface area contributed by atoms with Crippen molar-refractivity contribution in [2.24, 2.45) is 5.14 Å². The number of nitrogens with two attached hydrogens (primary N) is 1. The summed E-state index contributed by atoms with van der Waals surface area (Å²) in [7, 11) is -3.74. The molecule has 25 heavy (non-hydrogen) atoms. The number of rotatable bonds is 3. The third-order valence-electron chi connectivity index (χ3n) is 3.84. The number of amides is 2. The standard InChI is InChI=1S/C15H18N6O3S/c16-25(23,24)13-4-2-12(3-5-13)19-15(22)21-10-8-20(9-11-21)14-17-6-1-7-18-14/h1-7H,8-11H2,(H,19,22)(H2,16,23,24). The molecule has 1 saturated heterocycles. The van der Waals surface area contributed by atoms with Gasteiger partial charge in [0.2, 0.25) is 16.0 Å². The van der Waals surface area contributed by atoms with Gasteiger partial charge in [-0.3, -0.25) is 0 Å². The Morgan fingerprint density at radius 3 is 2.20 bits per heavy atom. The first-order valence-electron chi connectivity index (χ1n) is 7.64. The Morgan fingerprint density at radius 1 is 1.04 bits per heavy atom. The number of piperazine rings is 1. The van der Waals surface area contributed by atoms with Gasteiger partial charge >= 0.3 is 6.03 Å². The average Bonchev–Trinajstić information content (AvgIpc) is 2.62. The van der Waals surface area contributed by atoms with E-state index in [0.29, 0.717) is 37.8 Å². The quantitative estimate of drug-likeness (QED) is 0.819. The molecule has 0 aliphatic carbocycles. The molecule has 0 bridgehead atoms. The highest BCUT2D eigenvalue weighted by Crippen LogP contribution is 2.15. The van der Waals surface area contributed by atoms with Gasteiger partial charge in [0, 0.05) is 44.3 Å². The number of carbonyl (C=O) groups is 1. The molecular weight excluding hydrogens is 344 g/mol. The zero-order valence-electron chi connectivity index (χ0n) is 13.4. The van der Waals surface area contributed by atoms with Crippen molar-refractivity contribution in [3.8, 4) is 0 Å². The molecule has 3 N–H and O–H groups in total. The smallest absolute Gasteiger partial charge is 0.321 e. The summed E-state index contributed by atoms with van der Waals surface area (Å²) < 4.78 is 22.5. The maximum absolute atomic E-state index is 12.3. The number of carbonyl (C=O) groups excluding carboxylic acids is 1. The fourth-order valence-corrected chi connectivity index (χ4v) is 3.01. The third kappa shape index (κ3) is 4.22. The van der Waals surface area contributed by atoms with Crippen molar-refractivity contribution in [2.45, 2.75) is 4.90 Å². The SMILES string of the molecule is NS(=O)(=O)c1ccc(NC(=O)N2CCN(c3ncccn3)CC2)cc1. The van der Waals surface area contributed by atoms with Gasteiger partial charge in [0.25, 0.3) is 0 Å². The number of primary sulfonamides is 1. The Bertz CT molecular complexity index is 833. The van der Waals surface area contributed by atoms with Crippen molar-refractivity contribution in [1.29, 1.82) is 0 Å². The van der Waals surface area contributed by atoms with Crippen LogP contribution in [0.4, 0.5) is 16.4 Å². The minimum Gasteiger partial charge on any atom is -0.337 e. The summed E-state index contributed by atoms with van der Waals surface area (Å²) in [6.45, 7) is 2.36. The molecule has 0 saturated carbocycles. The van der Waals surface area contributed by atoms with E-state index in [1.807, 2.05) is 4.90 Å². The highest BCUT2D eigenvalue weighted by atomic mass is 32.2. The number of benzene rings is 1. The van der Waals surface area contributed by atoms with Crippen LogP contribution < -0.4 is 15.4 Å². The summed E-state index contributed by atoms with van der Waals surface area (Å²) in [6, 6.07) is 7.24. The van der Waals surface area contributed by atoms with Crippen LogP contribution in [-0.2, 0) is 10.0 Å². The normalized spacial score (nSPS) is 15.1. The number of hydrogen-bond acceptors (Lipinski definition) is 6. The Labute approximate surface area is 145 Å². The van der Waals surface area contributed by atoms with Crippen LogP contribution in [0.15, 0.2) is 47.6 Å². The molecule has 1 aliphatic heterocycles. The molecule has 132 valence electrons. The average molecular weight is 362 g/mol. The predicted molar refractivity (Wildman–Crippen MR) is 92.7 cm³/mol. The number of hydrogen-bond donors (Lipinski definition) is 2. The second-order valence-electron chi connectivity index (χ2n) is 5.52. The van der Waals surface area contributed by atoms with Crippen LogP contribution in [0.25, 0.3) is 0 Å². The van der Waals surface area contributed by atoms with Crippen LogP contribution in [0.5, 0.6) is 0 Å². The largest absolute Gasteiger partial charge is 0.337 e. The lowest BCUT2D eigenvalue weighted by Gasteiger charge is -2.34. The fraction of sp³-hybridized carbons (Fsp3) is 0.267. The molecular formula is C15H18N6O3S. The summed E-state index contributed by atoms with van der Waals surface area (Å²) in [4.78, 5) is 24.4. The molecule has 2 amide bonds. The van der Waals surface area contributed by atoms with Gasteiger partial charge < -0.3 is 15.1 Å². The fourth-order valence-electron chi connectivity index (χ4n) is 2.49. The lowest BCUT2D eigenvalue weighted by Crippen LogP contribution is -2.50. The van der Waals surface area contributed by atoms with Crippen LogP contribution in [0.3, 0.4) is 0 Å². The highest BCUT2D eigenvalue weighted by molar-refractivity contribution is 7.89. The maximum Gasteiger partial charge on any atom is 0.321 e. The van der Waals surface area contributed by atoms with Gasteiger partial charge in [0.15, 0.2) is 0 Å². The van der Waals surface area contributed by atoms with Crippen molar-refractivity contribution in [1.82, 2.24) is 14.9 Å². The first-order chi connectivity index (χ1) is 11.9. The summed E-state index contributed by atoms with van der Waals surface area (Å²) in [5.74, 6) is 0.654. The minimum absolute atomic E-state index is 0.00183. The van der Waals surface area contributed by atoms with E-state index in [1.165, 1.54) is 24.3 Å². The lowest BCUT2D eigenvalue weighted by atomic mass is 10.3. The van der Waals surface area contributed by atoms with E-state index in [2.05, 4.69) is 15.3 Å². The minimum atomic E-state index is -3.74. The van der Waals surface area contributed by atoms with Gasteiger partial charge in [-0.1, -0.05) is 0 Å². The van der Waals surface area contributed by atoms with Gasteiger partial charge in [-0.15, -0.1) is 0 Å². The number of aromatic nitrogens is 2. The zero-order valence-corrected chi connectivity index (χ0v) is 14.2. The number of nitrogens with one attached hydrogen (secondary N) is 1. The predicted octanol–water partition coefficient (Wildman–Crippen LogP) is 0.478. The molecule has 1 fully saturated rings. The van der Waals surface area contributed by atoms with Gasteiger partial charge in [-0.05, 0) is 30.3 Å². The van der Waals surface area contributed by atoms with E-state index >= 15 is 0 Å². The summed E-state index contributed by atoms with van der Waals surface area (Å²) in [5, 5.41) is 7.79. The molecule has 1 aromatic heterocycles. The van der Waals surface area contributed by atoms with Crippen LogP contribution in [-0.4, -0.2) is 55.5 Å². The Morgan fingerprint density at radius 2 is 1.64 bits per heavy atom. The lowest BCUT2D eigenvalue weighted by molar-refractivity contribution is 0.208. The molecule has 0 unspecified atom stereocenters. The van der Waals surface area contributed by atoms with E-state index < -0.39 is 10.0 Å². The number of sulfonamides is 1. The Balaban J connectivity index is 1.56. The van der Waals surface area contributed by atoms with Crippen LogP contribution >= 0.6 is 0 Å². The van der Waals surface area contributed by atoms with Crippen molar-refractivity contribution >= 4 is 27.7 Å². The molecule has 3 rings (SSSR count). The Kier molecular flexibility index (Phi) is 4.81. The van der Waals surface area contributed by atoms with Crippen LogP contribution in [0, 0.1) is 0 Å². The van der Waals surface area contributed by atoms with Gasteiger partial charge in [-0.25, -0.2) is 28.3 Å². The third-order valence-corrected chi connectivity index (χ3v) is 4.77. The van der Waals surface area contributed by atoms with Gasteiger partial charge in [-0.2, -0.15) is 0 Å². The van der Waals surface area contributed by atoms with E-state index in [9.17, 15) is 13.2 Å². The Hall–Kier alpha value is -2.72. The number of urea groups is 1. The van der Waals surface area contributed by atoms with Crippen molar-refractivity contribution in [3.63, 3.8) is 0 Å². The monoisotopic (exact) mass is 362 g/mol. The molecule has 0 atom stereocenters. The second kappa shape index (κ2) is 7.03. The van der Waals surface area contributed by atoms with Crippen molar-refractivity contribution < 1.29 is 13.2 Å². The molecule has 2 aromatic rings. The summed E-state index contributed by atoms with van der Waals surface area (Å²) in [6.07, 6.45) is 3.37. The highest BCUT2D eigenvalue weighted by Gasteiger charge is 2.22. The van der Waals surface area contributed by atoms with E-state index in [1.54, 1.807) is 23.4 Å². The molecule has 1 aromatic carbocycles. The van der Waals surface area contributed by atoms with Crippen molar-refractivity contribution in [2.75, 3.05) is 36.4 Å². The van der Waals surface area contributed by atoms with E-state index in [4.69, 9.17) is 5.14 Å². The first-order valence-corrected chi connectivity index (χ1v) is 9.19. The summed E-state index contributed by atoms with van der Waals surface area (Å²) >= 11 is 0. The first kappa shape index (κ1) is 17.1. The zero-order chi connectivity index (χ0) is 17.9. The molecule has 0 spiro atoms. The van der Waals surface area contributed by atoms with Crippen molar-refractivity contribution in [3.05, 3.63) is 42.7 Å². The number of anilines is 2. The van der Waals surface area contributed by atoms with E-state index in [0.717, 1.165) is 0 Å². The summed E-state index contributed by atoms with van der Waals surface area (Å²) in [5.41, 5.74) is 0.506. The number of nitrogens with zero attached hydrogens (tertiary/aromatic N) is 4. The van der Waals surface area contributed by atoms with Crippen LogP contribution in [0.2, 0.25) is 0 Å². The van der Waals surface area contributed by atoms with Crippen LogP contribution in [0.1, 0.15) is 0 Å². The molecule has 9 nitrogen and oxygen atoms in total. The topological polar surface area (TPSA) is 122 Å². The van der Waals surface area contributed by atoms with Gasteiger partial charge in [0.1, 0.15) is 0 Å². The molecule has 0 radical (unpaired) electrons.